The zero-order valence-electron chi connectivity index (χ0n) is 11.6. The Morgan fingerprint density at radius 2 is 2.11 bits per heavy atom. The fourth-order valence-corrected chi connectivity index (χ4v) is 3.40. The van der Waals surface area contributed by atoms with Crippen LogP contribution >= 0.6 is 11.3 Å². The summed E-state index contributed by atoms with van der Waals surface area (Å²) in [4.78, 5) is 2.84. The van der Waals surface area contributed by atoms with Gasteiger partial charge in [-0.3, -0.25) is 0 Å². The van der Waals surface area contributed by atoms with E-state index in [-0.39, 0.29) is 0 Å². The molecule has 2 fully saturated rings. The summed E-state index contributed by atoms with van der Waals surface area (Å²) in [6, 6.07) is 3.10. The first kappa shape index (κ1) is 13.6. The van der Waals surface area contributed by atoms with E-state index in [1.165, 1.54) is 28.2 Å². The average Bonchev–Trinajstić information content (AvgIpc) is 3.19. The first-order chi connectivity index (χ1) is 9.31. The molecule has 1 aliphatic carbocycles. The molecule has 3 nitrogen and oxygen atoms in total. The van der Waals surface area contributed by atoms with Crippen LogP contribution in [0.4, 0.5) is 0 Å². The molecule has 1 aromatic heterocycles. The van der Waals surface area contributed by atoms with Gasteiger partial charge in [-0.15, -0.1) is 11.3 Å². The van der Waals surface area contributed by atoms with Crippen molar-refractivity contribution in [3.63, 3.8) is 0 Å². The maximum absolute atomic E-state index is 6.01. The zero-order chi connectivity index (χ0) is 13.1. The highest BCUT2D eigenvalue weighted by atomic mass is 32.1. The summed E-state index contributed by atoms with van der Waals surface area (Å²) in [5, 5.41) is 3.57. The molecule has 0 atom stereocenters. The second-order valence-electron chi connectivity index (χ2n) is 5.57. The van der Waals surface area contributed by atoms with Crippen molar-refractivity contribution in [1.82, 2.24) is 5.32 Å². The smallest absolute Gasteiger partial charge is 0.0731 e. The van der Waals surface area contributed by atoms with Crippen molar-refractivity contribution in [3.05, 3.63) is 21.4 Å². The van der Waals surface area contributed by atoms with E-state index in [2.05, 4.69) is 18.3 Å². The first-order valence-electron chi connectivity index (χ1n) is 7.32. The second-order valence-corrected chi connectivity index (χ2v) is 6.91. The van der Waals surface area contributed by atoms with Crippen molar-refractivity contribution in [2.75, 3.05) is 13.2 Å². The van der Waals surface area contributed by atoms with Crippen LogP contribution in [0.3, 0.4) is 0 Å². The molecule has 1 saturated heterocycles. The largest absolute Gasteiger partial charge is 0.381 e. The van der Waals surface area contributed by atoms with Crippen LogP contribution in [0.15, 0.2) is 6.07 Å². The zero-order valence-corrected chi connectivity index (χ0v) is 12.4. The number of hydrogen-bond donors (Lipinski definition) is 1. The van der Waals surface area contributed by atoms with Gasteiger partial charge in [0.05, 0.1) is 12.7 Å². The Kier molecular flexibility index (Phi) is 4.53. The van der Waals surface area contributed by atoms with Crippen LogP contribution in [0.5, 0.6) is 0 Å². The Balaban J connectivity index is 1.48. The predicted octanol–water partition coefficient (Wildman–Crippen LogP) is 3.00. The van der Waals surface area contributed by atoms with Crippen LogP contribution in [0, 0.1) is 6.92 Å². The monoisotopic (exact) mass is 281 g/mol. The van der Waals surface area contributed by atoms with Crippen molar-refractivity contribution in [2.24, 2.45) is 0 Å². The fourth-order valence-electron chi connectivity index (χ4n) is 2.40. The summed E-state index contributed by atoms with van der Waals surface area (Å²) in [6.07, 6.45) is 5.17. The number of nitrogens with one attached hydrogen (secondary N) is 1. The molecule has 19 heavy (non-hydrogen) atoms. The molecule has 2 aliphatic rings. The van der Waals surface area contributed by atoms with E-state index >= 15 is 0 Å². The maximum atomic E-state index is 6.01. The summed E-state index contributed by atoms with van der Waals surface area (Å²) >= 11 is 1.90. The van der Waals surface area contributed by atoms with E-state index in [0.29, 0.717) is 6.10 Å². The molecule has 0 spiro atoms. The first-order valence-corrected chi connectivity index (χ1v) is 8.14. The molecule has 1 N–H and O–H groups in total. The van der Waals surface area contributed by atoms with Crippen molar-refractivity contribution in [2.45, 2.75) is 57.9 Å². The van der Waals surface area contributed by atoms with E-state index in [0.717, 1.165) is 45.2 Å². The van der Waals surface area contributed by atoms with Gasteiger partial charge in [0.2, 0.25) is 0 Å². The van der Waals surface area contributed by atoms with Crippen molar-refractivity contribution < 1.29 is 9.47 Å². The Labute approximate surface area is 119 Å². The molecular weight excluding hydrogens is 258 g/mol. The van der Waals surface area contributed by atoms with E-state index in [4.69, 9.17) is 9.47 Å². The Morgan fingerprint density at radius 1 is 1.32 bits per heavy atom. The molecule has 0 bridgehead atoms. The summed E-state index contributed by atoms with van der Waals surface area (Å²) in [7, 11) is 0. The minimum absolute atomic E-state index is 0.390. The maximum Gasteiger partial charge on any atom is 0.0731 e. The molecule has 2 heterocycles. The Bertz CT molecular complexity index is 408. The topological polar surface area (TPSA) is 30.5 Å². The van der Waals surface area contributed by atoms with E-state index in [1.54, 1.807) is 0 Å². The number of rotatable bonds is 6. The van der Waals surface area contributed by atoms with Gasteiger partial charge < -0.3 is 14.8 Å². The molecular formula is C15H23NO2S. The van der Waals surface area contributed by atoms with Gasteiger partial charge >= 0.3 is 0 Å². The van der Waals surface area contributed by atoms with Crippen molar-refractivity contribution in [1.29, 1.82) is 0 Å². The standard InChI is InChI=1S/C15H23NO2S/c1-11-12(10-18-14-4-6-17-7-5-14)8-15(19-11)9-16-13-2-3-13/h8,13-14,16H,2-7,9-10H2,1H3. The van der Waals surface area contributed by atoms with Crippen molar-refractivity contribution >= 4 is 11.3 Å². The van der Waals surface area contributed by atoms with Crippen LogP contribution < -0.4 is 5.32 Å². The van der Waals surface area contributed by atoms with Crippen LogP contribution in [0.25, 0.3) is 0 Å². The third-order valence-corrected chi connectivity index (χ3v) is 4.95. The van der Waals surface area contributed by atoms with Crippen LogP contribution in [0.1, 0.15) is 41.0 Å². The van der Waals surface area contributed by atoms with E-state index < -0.39 is 0 Å². The van der Waals surface area contributed by atoms with Gasteiger partial charge in [-0.2, -0.15) is 0 Å². The molecule has 1 aliphatic heterocycles. The second kappa shape index (κ2) is 6.35. The molecule has 4 heteroatoms. The minimum atomic E-state index is 0.390. The third kappa shape index (κ3) is 4.02. The minimum Gasteiger partial charge on any atom is -0.381 e. The molecule has 0 unspecified atom stereocenters. The lowest BCUT2D eigenvalue weighted by Crippen LogP contribution is -2.23. The molecule has 1 aromatic rings. The molecule has 1 saturated carbocycles. The molecule has 0 aromatic carbocycles. The van der Waals surface area contributed by atoms with Crippen LogP contribution in [-0.4, -0.2) is 25.4 Å². The summed E-state index contributed by atoms with van der Waals surface area (Å²) in [6.45, 7) is 5.69. The quantitative estimate of drug-likeness (QED) is 0.869. The van der Waals surface area contributed by atoms with Gasteiger partial charge in [0, 0.05) is 35.6 Å². The lowest BCUT2D eigenvalue weighted by Gasteiger charge is -2.22. The van der Waals surface area contributed by atoms with Crippen LogP contribution in [0.2, 0.25) is 0 Å². The highest BCUT2D eigenvalue weighted by Crippen LogP contribution is 2.25. The summed E-state index contributed by atoms with van der Waals surface area (Å²) in [5.41, 5.74) is 1.36. The number of thiophene rings is 1. The van der Waals surface area contributed by atoms with Gasteiger partial charge in [0.1, 0.15) is 0 Å². The number of hydrogen-bond acceptors (Lipinski definition) is 4. The van der Waals surface area contributed by atoms with Gasteiger partial charge in [-0.25, -0.2) is 0 Å². The summed E-state index contributed by atoms with van der Waals surface area (Å²) in [5.74, 6) is 0. The highest BCUT2D eigenvalue weighted by molar-refractivity contribution is 7.12. The number of aryl methyl sites for hydroxylation is 1. The summed E-state index contributed by atoms with van der Waals surface area (Å²) < 4.78 is 11.4. The normalized spacial score (nSPS) is 20.9. The van der Waals surface area contributed by atoms with Crippen LogP contribution in [-0.2, 0) is 22.6 Å². The van der Waals surface area contributed by atoms with Gasteiger partial charge in [-0.1, -0.05) is 0 Å². The molecule has 106 valence electrons. The van der Waals surface area contributed by atoms with Gasteiger partial charge in [-0.05, 0) is 44.2 Å². The highest BCUT2D eigenvalue weighted by Gasteiger charge is 2.20. The number of ether oxygens (including phenoxy) is 2. The third-order valence-electron chi connectivity index (χ3n) is 3.86. The van der Waals surface area contributed by atoms with Crippen molar-refractivity contribution in [3.8, 4) is 0 Å². The lowest BCUT2D eigenvalue weighted by atomic mass is 10.1. The Morgan fingerprint density at radius 3 is 2.84 bits per heavy atom. The van der Waals surface area contributed by atoms with Gasteiger partial charge in [0.15, 0.2) is 0 Å². The molecule has 0 amide bonds. The van der Waals surface area contributed by atoms with Gasteiger partial charge in [0.25, 0.3) is 0 Å². The fraction of sp³-hybridized carbons (Fsp3) is 0.733. The average molecular weight is 281 g/mol. The molecule has 0 radical (unpaired) electrons. The Hall–Kier alpha value is -0.420. The lowest BCUT2D eigenvalue weighted by molar-refractivity contribution is -0.0390. The predicted molar refractivity (Wildman–Crippen MR) is 77.5 cm³/mol. The SMILES string of the molecule is Cc1sc(CNC2CC2)cc1COC1CCOCC1. The molecule has 3 rings (SSSR count). The van der Waals surface area contributed by atoms with E-state index in [1.807, 2.05) is 11.3 Å². The van der Waals surface area contributed by atoms with E-state index in [9.17, 15) is 0 Å².